The maximum atomic E-state index is 12.2. The summed E-state index contributed by atoms with van der Waals surface area (Å²) >= 11 is 11.9. The van der Waals surface area contributed by atoms with Crippen molar-refractivity contribution in [3.63, 3.8) is 0 Å². The van der Waals surface area contributed by atoms with Crippen LogP contribution >= 0.6 is 23.2 Å². The first-order valence-electron chi connectivity index (χ1n) is 7.01. The predicted molar refractivity (Wildman–Crippen MR) is 93.0 cm³/mol. The van der Waals surface area contributed by atoms with Gasteiger partial charge in [-0.3, -0.25) is 4.79 Å². The monoisotopic (exact) mass is 367 g/mol. The summed E-state index contributed by atoms with van der Waals surface area (Å²) in [7, 11) is 1.50. The van der Waals surface area contributed by atoms with E-state index in [2.05, 4.69) is 5.32 Å². The lowest BCUT2D eigenvalue weighted by Crippen LogP contribution is -2.30. The summed E-state index contributed by atoms with van der Waals surface area (Å²) in [5.74, 6) is -0.628. The highest BCUT2D eigenvalue weighted by molar-refractivity contribution is 6.35. The molecule has 0 saturated carbocycles. The molecule has 2 aromatic rings. The molecule has 5 nitrogen and oxygen atoms in total. The van der Waals surface area contributed by atoms with Crippen LogP contribution in [0.2, 0.25) is 10.0 Å². The van der Waals surface area contributed by atoms with Gasteiger partial charge >= 0.3 is 5.97 Å². The van der Waals surface area contributed by atoms with Crippen LogP contribution in [0.15, 0.2) is 42.5 Å². The van der Waals surface area contributed by atoms with Gasteiger partial charge in [-0.15, -0.1) is 0 Å². The number of ether oxygens (including phenoxy) is 2. The minimum absolute atomic E-state index is 0.287. The van der Waals surface area contributed by atoms with Crippen LogP contribution in [-0.2, 0) is 9.53 Å². The highest BCUT2D eigenvalue weighted by atomic mass is 35.5. The molecular formula is C17H15Cl2NO4. The third-order valence-corrected chi connectivity index (χ3v) is 3.71. The molecular weight excluding hydrogens is 353 g/mol. The van der Waals surface area contributed by atoms with E-state index in [1.807, 2.05) is 0 Å². The Hall–Kier alpha value is -2.24. The highest BCUT2D eigenvalue weighted by Gasteiger charge is 2.20. The van der Waals surface area contributed by atoms with E-state index in [-0.39, 0.29) is 5.56 Å². The van der Waals surface area contributed by atoms with Gasteiger partial charge in [0.2, 0.25) is 0 Å². The van der Waals surface area contributed by atoms with Gasteiger partial charge in [0.25, 0.3) is 5.91 Å². The number of hydrogen-bond donors (Lipinski definition) is 1. The predicted octanol–water partition coefficient (Wildman–Crippen LogP) is 4.19. The average molecular weight is 368 g/mol. The number of amides is 1. The molecule has 0 aliphatic rings. The van der Waals surface area contributed by atoms with Crippen LogP contribution < -0.4 is 10.1 Å². The van der Waals surface area contributed by atoms with E-state index in [1.165, 1.54) is 26.2 Å². The maximum Gasteiger partial charge on any atom is 0.339 e. The van der Waals surface area contributed by atoms with Gasteiger partial charge in [-0.1, -0.05) is 29.3 Å². The SMILES string of the molecule is COc1cccc(C(=O)O[C@H](C)C(=O)Nc2cc(Cl)ccc2Cl)c1. The lowest BCUT2D eigenvalue weighted by atomic mass is 10.2. The van der Waals surface area contributed by atoms with E-state index in [9.17, 15) is 9.59 Å². The summed E-state index contributed by atoms with van der Waals surface area (Å²) in [5.41, 5.74) is 0.633. The molecule has 0 aliphatic carbocycles. The molecule has 2 aromatic carbocycles. The van der Waals surface area contributed by atoms with E-state index in [1.54, 1.807) is 30.3 Å². The van der Waals surface area contributed by atoms with Crippen LogP contribution in [0.5, 0.6) is 5.75 Å². The zero-order chi connectivity index (χ0) is 17.7. The van der Waals surface area contributed by atoms with Crippen molar-refractivity contribution in [3.05, 3.63) is 58.1 Å². The number of halogens is 2. The van der Waals surface area contributed by atoms with E-state index in [0.29, 0.717) is 21.5 Å². The van der Waals surface area contributed by atoms with Gasteiger partial charge in [0.15, 0.2) is 6.10 Å². The Morgan fingerprint density at radius 1 is 1.12 bits per heavy atom. The molecule has 24 heavy (non-hydrogen) atoms. The third kappa shape index (κ3) is 4.63. The molecule has 2 rings (SSSR count). The molecule has 0 fully saturated rings. The smallest absolute Gasteiger partial charge is 0.339 e. The van der Waals surface area contributed by atoms with E-state index >= 15 is 0 Å². The molecule has 126 valence electrons. The molecule has 1 amide bonds. The van der Waals surface area contributed by atoms with Crippen LogP contribution in [-0.4, -0.2) is 25.1 Å². The Bertz CT molecular complexity index is 764. The van der Waals surface area contributed by atoms with Crippen molar-refractivity contribution in [2.45, 2.75) is 13.0 Å². The fraction of sp³-hybridized carbons (Fsp3) is 0.176. The molecule has 0 bridgehead atoms. The second kappa shape index (κ2) is 8.04. The van der Waals surface area contributed by atoms with Crippen molar-refractivity contribution in [1.82, 2.24) is 0 Å². The van der Waals surface area contributed by atoms with Crippen LogP contribution in [0.1, 0.15) is 17.3 Å². The maximum absolute atomic E-state index is 12.2. The molecule has 0 unspecified atom stereocenters. The second-order valence-corrected chi connectivity index (χ2v) is 5.74. The van der Waals surface area contributed by atoms with Crippen molar-refractivity contribution < 1.29 is 19.1 Å². The number of benzene rings is 2. The number of nitrogens with one attached hydrogen (secondary N) is 1. The summed E-state index contributed by atoms with van der Waals surface area (Å²) in [5, 5.41) is 3.33. The van der Waals surface area contributed by atoms with E-state index < -0.39 is 18.0 Å². The number of rotatable bonds is 5. The van der Waals surface area contributed by atoms with Crippen LogP contribution in [0, 0.1) is 0 Å². The molecule has 7 heteroatoms. The van der Waals surface area contributed by atoms with Crippen LogP contribution in [0.25, 0.3) is 0 Å². The third-order valence-electron chi connectivity index (χ3n) is 3.14. The fourth-order valence-electron chi connectivity index (χ4n) is 1.86. The van der Waals surface area contributed by atoms with Gasteiger partial charge in [0.1, 0.15) is 5.75 Å². The Morgan fingerprint density at radius 2 is 1.88 bits per heavy atom. The van der Waals surface area contributed by atoms with Crippen LogP contribution in [0.4, 0.5) is 5.69 Å². The fourth-order valence-corrected chi connectivity index (χ4v) is 2.20. The largest absolute Gasteiger partial charge is 0.497 e. The molecule has 1 N–H and O–H groups in total. The lowest BCUT2D eigenvalue weighted by Gasteiger charge is -2.14. The first-order valence-corrected chi connectivity index (χ1v) is 7.77. The zero-order valence-corrected chi connectivity index (χ0v) is 14.5. The van der Waals surface area contributed by atoms with Crippen LogP contribution in [0.3, 0.4) is 0 Å². The molecule has 1 atom stereocenters. The normalized spacial score (nSPS) is 11.5. The van der Waals surface area contributed by atoms with E-state index in [0.717, 1.165) is 0 Å². The Kier molecular flexibility index (Phi) is 6.06. The summed E-state index contributed by atoms with van der Waals surface area (Å²) in [6, 6.07) is 11.1. The number of anilines is 1. The van der Waals surface area contributed by atoms with Crippen molar-refractivity contribution in [2.75, 3.05) is 12.4 Å². The van der Waals surface area contributed by atoms with Gasteiger partial charge in [-0.2, -0.15) is 0 Å². The zero-order valence-electron chi connectivity index (χ0n) is 13.0. The van der Waals surface area contributed by atoms with Gasteiger partial charge < -0.3 is 14.8 Å². The van der Waals surface area contributed by atoms with Gasteiger partial charge in [0.05, 0.1) is 23.4 Å². The molecule has 0 spiro atoms. The molecule has 0 saturated heterocycles. The summed E-state index contributed by atoms with van der Waals surface area (Å²) in [6.07, 6.45) is -1.02. The first kappa shape index (κ1) is 18.1. The van der Waals surface area contributed by atoms with Crippen molar-refractivity contribution in [3.8, 4) is 5.75 Å². The summed E-state index contributed by atoms with van der Waals surface area (Å²) < 4.78 is 10.2. The quantitative estimate of drug-likeness (QED) is 0.804. The number of carbonyl (C=O) groups is 2. The standard InChI is InChI=1S/C17H15Cl2NO4/c1-10(16(21)20-15-9-12(18)6-7-14(15)19)24-17(22)11-4-3-5-13(8-11)23-2/h3-10H,1-2H3,(H,20,21)/t10-/m1/s1. The van der Waals surface area contributed by atoms with E-state index in [4.69, 9.17) is 32.7 Å². The van der Waals surface area contributed by atoms with Crippen molar-refractivity contribution in [2.24, 2.45) is 0 Å². The van der Waals surface area contributed by atoms with Crippen molar-refractivity contribution >= 4 is 40.8 Å². The topological polar surface area (TPSA) is 64.6 Å². The number of esters is 1. The summed E-state index contributed by atoms with van der Waals surface area (Å²) in [4.78, 5) is 24.2. The Labute approximate surface area is 149 Å². The molecule has 0 heterocycles. The summed E-state index contributed by atoms with van der Waals surface area (Å²) in [6.45, 7) is 1.46. The Morgan fingerprint density at radius 3 is 2.58 bits per heavy atom. The molecule has 0 aromatic heterocycles. The minimum atomic E-state index is -1.02. The molecule has 0 aliphatic heterocycles. The van der Waals surface area contributed by atoms with Gasteiger partial charge in [-0.05, 0) is 43.3 Å². The number of carbonyl (C=O) groups excluding carboxylic acids is 2. The number of methoxy groups -OCH3 is 1. The minimum Gasteiger partial charge on any atom is -0.497 e. The van der Waals surface area contributed by atoms with Crippen molar-refractivity contribution in [1.29, 1.82) is 0 Å². The number of hydrogen-bond acceptors (Lipinski definition) is 4. The highest BCUT2D eigenvalue weighted by Crippen LogP contribution is 2.25. The lowest BCUT2D eigenvalue weighted by molar-refractivity contribution is -0.123. The Balaban J connectivity index is 2.02. The average Bonchev–Trinajstić information content (AvgIpc) is 2.58. The second-order valence-electron chi connectivity index (χ2n) is 4.89. The van der Waals surface area contributed by atoms with Gasteiger partial charge in [-0.25, -0.2) is 4.79 Å². The van der Waals surface area contributed by atoms with Gasteiger partial charge in [0, 0.05) is 5.02 Å². The molecule has 0 radical (unpaired) electrons. The first-order chi connectivity index (χ1) is 11.4.